The maximum atomic E-state index is 12.2. The molecule has 0 aliphatic rings. The van der Waals surface area contributed by atoms with Crippen LogP contribution in [-0.2, 0) is 0 Å². The van der Waals surface area contributed by atoms with Gasteiger partial charge in [0.1, 0.15) is 5.69 Å². The molecule has 0 spiro atoms. The molecule has 3 aromatic rings. The summed E-state index contributed by atoms with van der Waals surface area (Å²) in [5.74, 6) is -0.174. The topological polar surface area (TPSA) is 46.4 Å². The molecule has 102 valence electrons. The molecule has 1 N–H and O–H groups in total. The van der Waals surface area contributed by atoms with E-state index >= 15 is 0 Å². The molecule has 3 rings (SSSR count). The van der Waals surface area contributed by atoms with Crippen molar-refractivity contribution in [3.8, 4) is 0 Å². The lowest BCUT2D eigenvalue weighted by Crippen LogP contribution is -2.13. The minimum Gasteiger partial charge on any atom is -0.320 e. The molecule has 1 amide bonds. The summed E-state index contributed by atoms with van der Waals surface area (Å²) in [4.78, 5) is 18.6. The standard InChI is InChI=1S/C15H15N3OS/c1-9-4-5-10(2)12(6-9)16-14(19)13-8-18-7-11(3)20-15(18)17-13/h4-8H,1-3H3,(H,16,19). The number of thiazole rings is 1. The number of aromatic nitrogens is 2. The van der Waals surface area contributed by atoms with E-state index in [4.69, 9.17) is 0 Å². The van der Waals surface area contributed by atoms with Crippen LogP contribution >= 0.6 is 11.3 Å². The highest BCUT2D eigenvalue weighted by Crippen LogP contribution is 2.19. The quantitative estimate of drug-likeness (QED) is 0.782. The molecule has 0 aliphatic heterocycles. The van der Waals surface area contributed by atoms with Crippen molar-refractivity contribution in [3.63, 3.8) is 0 Å². The normalized spacial score (nSPS) is 10.9. The zero-order valence-corrected chi connectivity index (χ0v) is 12.4. The van der Waals surface area contributed by atoms with E-state index in [1.807, 2.05) is 49.6 Å². The smallest absolute Gasteiger partial charge is 0.275 e. The second-order valence-electron chi connectivity index (χ2n) is 4.93. The average molecular weight is 285 g/mol. The zero-order valence-electron chi connectivity index (χ0n) is 11.6. The minimum atomic E-state index is -0.174. The Balaban J connectivity index is 1.88. The number of hydrogen-bond acceptors (Lipinski definition) is 3. The molecule has 2 heterocycles. The molecule has 4 nitrogen and oxygen atoms in total. The van der Waals surface area contributed by atoms with E-state index in [1.165, 1.54) is 4.88 Å². The number of amides is 1. The molecule has 2 aromatic heterocycles. The number of nitrogens with one attached hydrogen (secondary N) is 1. The number of anilines is 1. The Morgan fingerprint density at radius 2 is 2.05 bits per heavy atom. The number of fused-ring (bicyclic) bond motifs is 1. The summed E-state index contributed by atoms with van der Waals surface area (Å²) in [6.45, 7) is 6.00. The van der Waals surface area contributed by atoms with Crippen molar-refractivity contribution in [2.24, 2.45) is 0 Å². The maximum Gasteiger partial charge on any atom is 0.275 e. The van der Waals surface area contributed by atoms with Crippen LogP contribution in [0.1, 0.15) is 26.5 Å². The number of carbonyl (C=O) groups excluding carboxylic acids is 1. The van der Waals surface area contributed by atoms with Gasteiger partial charge in [-0.15, -0.1) is 11.3 Å². The van der Waals surface area contributed by atoms with Crippen LogP contribution in [0.2, 0.25) is 0 Å². The molecule has 0 bridgehead atoms. The Hall–Kier alpha value is -2.14. The summed E-state index contributed by atoms with van der Waals surface area (Å²) >= 11 is 1.57. The first-order valence-corrected chi connectivity index (χ1v) is 7.18. The van der Waals surface area contributed by atoms with Gasteiger partial charge in [0.25, 0.3) is 5.91 Å². The van der Waals surface area contributed by atoms with Crippen LogP contribution in [0.25, 0.3) is 4.96 Å². The van der Waals surface area contributed by atoms with Gasteiger partial charge in [0.2, 0.25) is 0 Å². The molecule has 5 heteroatoms. The third-order valence-corrected chi connectivity index (χ3v) is 4.06. The van der Waals surface area contributed by atoms with E-state index in [1.54, 1.807) is 17.5 Å². The Morgan fingerprint density at radius 3 is 2.80 bits per heavy atom. The van der Waals surface area contributed by atoms with E-state index in [0.717, 1.165) is 21.8 Å². The Kier molecular flexibility index (Phi) is 3.06. The van der Waals surface area contributed by atoms with E-state index in [0.29, 0.717) is 5.69 Å². The van der Waals surface area contributed by atoms with Crippen LogP contribution in [0.3, 0.4) is 0 Å². The van der Waals surface area contributed by atoms with Crippen molar-refractivity contribution in [1.82, 2.24) is 9.38 Å². The van der Waals surface area contributed by atoms with E-state index in [9.17, 15) is 4.79 Å². The fourth-order valence-electron chi connectivity index (χ4n) is 2.08. The molecule has 0 unspecified atom stereocenters. The first-order chi connectivity index (χ1) is 9.52. The van der Waals surface area contributed by atoms with Crippen LogP contribution in [0, 0.1) is 20.8 Å². The summed E-state index contributed by atoms with van der Waals surface area (Å²) in [5, 5.41) is 2.92. The van der Waals surface area contributed by atoms with Gasteiger partial charge in [-0.05, 0) is 38.0 Å². The largest absolute Gasteiger partial charge is 0.320 e. The van der Waals surface area contributed by atoms with Crippen molar-refractivity contribution in [2.75, 3.05) is 5.32 Å². The summed E-state index contributed by atoms with van der Waals surface area (Å²) in [7, 11) is 0. The number of rotatable bonds is 2. The fraction of sp³-hybridized carbons (Fsp3) is 0.200. The lowest BCUT2D eigenvalue weighted by atomic mass is 10.1. The van der Waals surface area contributed by atoms with Crippen LogP contribution in [0.5, 0.6) is 0 Å². The highest BCUT2D eigenvalue weighted by Gasteiger charge is 2.13. The number of hydrogen-bond donors (Lipinski definition) is 1. The SMILES string of the molecule is Cc1ccc(C)c(NC(=O)c2cn3cc(C)sc3n2)c1. The van der Waals surface area contributed by atoms with Crippen LogP contribution < -0.4 is 5.32 Å². The Bertz CT molecular complexity index is 769. The molecule has 0 saturated heterocycles. The van der Waals surface area contributed by atoms with Gasteiger partial charge in [-0.2, -0.15) is 0 Å². The average Bonchev–Trinajstić information content (AvgIpc) is 2.91. The van der Waals surface area contributed by atoms with Gasteiger partial charge in [-0.1, -0.05) is 12.1 Å². The van der Waals surface area contributed by atoms with Gasteiger partial charge in [0.15, 0.2) is 4.96 Å². The van der Waals surface area contributed by atoms with Gasteiger partial charge in [-0.25, -0.2) is 4.98 Å². The third-order valence-electron chi connectivity index (χ3n) is 3.15. The van der Waals surface area contributed by atoms with Crippen molar-refractivity contribution in [2.45, 2.75) is 20.8 Å². The molecule has 0 aliphatic carbocycles. The van der Waals surface area contributed by atoms with E-state index in [-0.39, 0.29) is 5.91 Å². The fourth-order valence-corrected chi connectivity index (χ4v) is 2.89. The molecular formula is C15H15N3OS. The minimum absolute atomic E-state index is 0.174. The molecule has 20 heavy (non-hydrogen) atoms. The summed E-state index contributed by atoms with van der Waals surface area (Å²) < 4.78 is 1.89. The predicted octanol–water partition coefficient (Wildman–Crippen LogP) is 3.57. The second-order valence-corrected chi connectivity index (χ2v) is 6.14. The first kappa shape index (κ1) is 12.9. The number of carbonyl (C=O) groups is 1. The highest BCUT2D eigenvalue weighted by molar-refractivity contribution is 7.17. The van der Waals surface area contributed by atoms with Crippen LogP contribution in [0.15, 0.2) is 30.6 Å². The number of benzene rings is 1. The molecular weight excluding hydrogens is 270 g/mol. The second kappa shape index (κ2) is 4.76. The van der Waals surface area contributed by atoms with Crippen molar-refractivity contribution >= 4 is 27.9 Å². The lowest BCUT2D eigenvalue weighted by molar-refractivity contribution is 0.102. The van der Waals surface area contributed by atoms with Crippen molar-refractivity contribution in [1.29, 1.82) is 0 Å². The van der Waals surface area contributed by atoms with Gasteiger partial charge in [-0.3, -0.25) is 9.20 Å². The van der Waals surface area contributed by atoms with Crippen molar-refractivity contribution < 1.29 is 4.79 Å². The van der Waals surface area contributed by atoms with Crippen molar-refractivity contribution in [3.05, 3.63) is 52.3 Å². The molecule has 1 aromatic carbocycles. The zero-order chi connectivity index (χ0) is 14.3. The van der Waals surface area contributed by atoms with Gasteiger partial charge >= 0.3 is 0 Å². The highest BCUT2D eigenvalue weighted by atomic mass is 32.1. The Labute approximate surface area is 121 Å². The Morgan fingerprint density at radius 1 is 1.25 bits per heavy atom. The molecule has 0 atom stereocenters. The summed E-state index contributed by atoms with van der Waals surface area (Å²) in [6.07, 6.45) is 3.74. The first-order valence-electron chi connectivity index (χ1n) is 6.36. The molecule has 0 saturated carbocycles. The molecule has 0 radical (unpaired) electrons. The van der Waals surface area contributed by atoms with Gasteiger partial charge in [0.05, 0.1) is 0 Å². The lowest BCUT2D eigenvalue weighted by Gasteiger charge is -2.07. The molecule has 0 fully saturated rings. The van der Waals surface area contributed by atoms with Gasteiger partial charge < -0.3 is 5.32 Å². The number of nitrogens with zero attached hydrogens (tertiary/aromatic N) is 2. The predicted molar refractivity (Wildman–Crippen MR) is 81.7 cm³/mol. The van der Waals surface area contributed by atoms with E-state index < -0.39 is 0 Å². The van der Waals surface area contributed by atoms with Gasteiger partial charge in [0, 0.05) is 23.0 Å². The maximum absolute atomic E-state index is 12.2. The summed E-state index contributed by atoms with van der Waals surface area (Å²) in [5.41, 5.74) is 3.44. The van der Waals surface area contributed by atoms with Crippen LogP contribution in [-0.4, -0.2) is 15.3 Å². The monoisotopic (exact) mass is 285 g/mol. The van der Waals surface area contributed by atoms with E-state index in [2.05, 4.69) is 10.3 Å². The van der Waals surface area contributed by atoms with Crippen LogP contribution in [0.4, 0.5) is 5.69 Å². The summed E-state index contributed by atoms with van der Waals surface area (Å²) in [6, 6.07) is 6.00. The number of imidazole rings is 1. The number of aryl methyl sites for hydroxylation is 3. The third kappa shape index (κ3) is 2.32.